The van der Waals surface area contributed by atoms with E-state index < -0.39 is 0 Å². The second-order valence-electron chi connectivity index (χ2n) is 4.93. The molecule has 5 heteroatoms. The van der Waals surface area contributed by atoms with E-state index in [0.29, 0.717) is 17.3 Å². The molecule has 0 saturated carbocycles. The highest BCUT2D eigenvalue weighted by Gasteiger charge is 2.20. The van der Waals surface area contributed by atoms with Crippen LogP contribution < -0.4 is 10.6 Å². The number of thiophene rings is 1. The van der Waals surface area contributed by atoms with Crippen molar-refractivity contribution in [2.75, 3.05) is 19.6 Å². The standard InChI is InChI=1S/C14H15FN2OS/c1-8-11-4-10(15)2-3-12(11)19-13(8)14(18)17-7-9-5-16-6-9/h2-4,9,16H,5-7H2,1H3,(H,17,18). The van der Waals surface area contributed by atoms with Crippen LogP contribution in [-0.2, 0) is 0 Å². The van der Waals surface area contributed by atoms with Gasteiger partial charge in [0.25, 0.3) is 5.91 Å². The van der Waals surface area contributed by atoms with Crippen molar-refractivity contribution in [1.82, 2.24) is 10.6 Å². The molecule has 0 aliphatic carbocycles. The van der Waals surface area contributed by atoms with Crippen molar-refractivity contribution in [3.05, 3.63) is 34.5 Å². The molecule has 1 saturated heterocycles. The first-order valence-electron chi connectivity index (χ1n) is 6.32. The summed E-state index contributed by atoms with van der Waals surface area (Å²) in [6.45, 7) is 4.51. The number of nitrogens with one attached hydrogen (secondary N) is 2. The molecule has 100 valence electrons. The molecule has 0 atom stereocenters. The number of benzene rings is 1. The third kappa shape index (κ3) is 2.35. The predicted molar refractivity (Wildman–Crippen MR) is 75.2 cm³/mol. The molecule has 1 aromatic heterocycles. The lowest BCUT2D eigenvalue weighted by Gasteiger charge is -2.26. The van der Waals surface area contributed by atoms with Gasteiger partial charge in [0, 0.05) is 30.3 Å². The topological polar surface area (TPSA) is 41.1 Å². The summed E-state index contributed by atoms with van der Waals surface area (Å²) in [5.74, 6) is 0.225. The Labute approximate surface area is 114 Å². The van der Waals surface area contributed by atoms with Crippen molar-refractivity contribution >= 4 is 27.3 Å². The summed E-state index contributed by atoms with van der Waals surface area (Å²) in [6.07, 6.45) is 0. The maximum absolute atomic E-state index is 13.2. The number of amides is 1. The highest BCUT2D eigenvalue weighted by molar-refractivity contribution is 7.21. The summed E-state index contributed by atoms with van der Waals surface area (Å²) >= 11 is 1.42. The number of carbonyl (C=O) groups is 1. The van der Waals surface area contributed by atoms with Gasteiger partial charge in [-0.15, -0.1) is 11.3 Å². The van der Waals surface area contributed by atoms with Crippen molar-refractivity contribution in [3.63, 3.8) is 0 Å². The van der Waals surface area contributed by atoms with Gasteiger partial charge in [-0.05, 0) is 36.1 Å². The van der Waals surface area contributed by atoms with Crippen LogP contribution >= 0.6 is 11.3 Å². The van der Waals surface area contributed by atoms with E-state index in [9.17, 15) is 9.18 Å². The summed E-state index contributed by atoms with van der Waals surface area (Å²) in [5, 5.41) is 6.96. The van der Waals surface area contributed by atoms with E-state index >= 15 is 0 Å². The van der Waals surface area contributed by atoms with Gasteiger partial charge in [-0.2, -0.15) is 0 Å². The van der Waals surface area contributed by atoms with Crippen LogP contribution in [0.3, 0.4) is 0 Å². The van der Waals surface area contributed by atoms with Crippen molar-refractivity contribution in [2.45, 2.75) is 6.92 Å². The molecular weight excluding hydrogens is 263 g/mol. The maximum Gasteiger partial charge on any atom is 0.261 e. The smallest absolute Gasteiger partial charge is 0.261 e. The number of fused-ring (bicyclic) bond motifs is 1. The molecule has 0 radical (unpaired) electrons. The molecule has 2 aromatic rings. The van der Waals surface area contributed by atoms with Crippen LogP contribution in [0.5, 0.6) is 0 Å². The number of aryl methyl sites for hydroxylation is 1. The first-order chi connectivity index (χ1) is 9.15. The highest BCUT2D eigenvalue weighted by atomic mass is 32.1. The van der Waals surface area contributed by atoms with Crippen molar-refractivity contribution in [3.8, 4) is 0 Å². The SMILES string of the molecule is Cc1c(C(=O)NCC2CNC2)sc2ccc(F)cc12. The average Bonchev–Trinajstić information content (AvgIpc) is 2.65. The monoisotopic (exact) mass is 278 g/mol. The quantitative estimate of drug-likeness (QED) is 0.904. The van der Waals surface area contributed by atoms with Crippen LogP contribution in [0.4, 0.5) is 4.39 Å². The largest absolute Gasteiger partial charge is 0.351 e. The molecule has 2 N–H and O–H groups in total. The molecule has 1 fully saturated rings. The van der Waals surface area contributed by atoms with E-state index in [1.54, 1.807) is 6.07 Å². The van der Waals surface area contributed by atoms with Crippen molar-refractivity contribution in [1.29, 1.82) is 0 Å². The zero-order valence-electron chi connectivity index (χ0n) is 10.6. The van der Waals surface area contributed by atoms with E-state index in [1.807, 2.05) is 6.92 Å². The lowest BCUT2D eigenvalue weighted by molar-refractivity contribution is 0.0946. The van der Waals surface area contributed by atoms with Gasteiger partial charge in [-0.1, -0.05) is 0 Å². The van der Waals surface area contributed by atoms with Crippen LogP contribution in [-0.4, -0.2) is 25.5 Å². The number of rotatable bonds is 3. The van der Waals surface area contributed by atoms with Gasteiger partial charge >= 0.3 is 0 Å². The number of hydrogen-bond acceptors (Lipinski definition) is 3. The molecule has 2 heterocycles. The van der Waals surface area contributed by atoms with E-state index in [4.69, 9.17) is 0 Å². The van der Waals surface area contributed by atoms with E-state index in [2.05, 4.69) is 10.6 Å². The van der Waals surface area contributed by atoms with Crippen LogP contribution in [0.1, 0.15) is 15.2 Å². The summed E-state index contributed by atoms with van der Waals surface area (Å²) in [5.41, 5.74) is 0.865. The fourth-order valence-corrected chi connectivity index (χ4v) is 3.33. The number of halogens is 1. The van der Waals surface area contributed by atoms with Gasteiger partial charge in [0.1, 0.15) is 5.82 Å². The minimum atomic E-state index is -0.263. The third-order valence-corrected chi connectivity index (χ3v) is 4.79. The third-order valence-electron chi connectivity index (χ3n) is 3.52. The molecule has 0 spiro atoms. The minimum absolute atomic E-state index is 0.0500. The molecule has 1 aliphatic heterocycles. The van der Waals surface area contributed by atoms with Crippen LogP contribution in [0.25, 0.3) is 10.1 Å². The molecule has 0 unspecified atom stereocenters. The number of carbonyl (C=O) groups excluding carboxylic acids is 1. The normalized spacial score (nSPS) is 15.5. The molecule has 3 rings (SSSR count). The molecule has 1 aromatic carbocycles. The average molecular weight is 278 g/mol. The van der Waals surface area contributed by atoms with Crippen LogP contribution in [0.15, 0.2) is 18.2 Å². The zero-order valence-corrected chi connectivity index (χ0v) is 11.4. The molecule has 0 bridgehead atoms. The number of hydrogen-bond donors (Lipinski definition) is 2. The zero-order chi connectivity index (χ0) is 13.4. The van der Waals surface area contributed by atoms with Gasteiger partial charge in [-0.25, -0.2) is 4.39 Å². The Kier molecular flexibility index (Phi) is 3.24. The van der Waals surface area contributed by atoms with E-state index in [-0.39, 0.29) is 11.7 Å². The summed E-state index contributed by atoms with van der Waals surface area (Å²) in [4.78, 5) is 12.8. The molecule has 19 heavy (non-hydrogen) atoms. The Bertz CT molecular complexity index is 634. The molecule has 1 amide bonds. The Morgan fingerprint density at radius 2 is 2.32 bits per heavy atom. The molecule has 1 aliphatic rings. The van der Waals surface area contributed by atoms with Crippen molar-refractivity contribution in [2.24, 2.45) is 5.92 Å². The van der Waals surface area contributed by atoms with E-state index in [0.717, 1.165) is 28.7 Å². The van der Waals surface area contributed by atoms with Crippen LogP contribution in [0, 0.1) is 18.7 Å². The minimum Gasteiger partial charge on any atom is -0.351 e. The second kappa shape index (κ2) is 4.90. The predicted octanol–water partition coefficient (Wildman–Crippen LogP) is 2.30. The second-order valence-corrected chi connectivity index (χ2v) is 5.98. The Morgan fingerprint density at radius 1 is 1.53 bits per heavy atom. The first kappa shape index (κ1) is 12.6. The maximum atomic E-state index is 13.2. The van der Waals surface area contributed by atoms with Crippen molar-refractivity contribution < 1.29 is 9.18 Å². The summed E-state index contributed by atoms with van der Waals surface area (Å²) < 4.78 is 14.2. The lowest BCUT2D eigenvalue weighted by Crippen LogP contribution is -2.48. The van der Waals surface area contributed by atoms with Gasteiger partial charge in [0.15, 0.2) is 0 Å². The molecule has 3 nitrogen and oxygen atoms in total. The van der Waals surface area contributed by atoms with E-state index in [1.165, 1.54) is 23.5 Å². The van der Waals surface area contributed by atoms with Gasteiger partial charge in [0.2, 0.25) is 0 Å². The Hall–Kier alpha value is -1.46. The van der Waals surface area contributed by atoms with Gasteiger partial charge < -0.3 is 10.6 Å². The van der Waals surface area contributed by atoms with Gasteiger partial charge in [-0.3, -0.25) is 4.79 Å². The fraction of sp³-hybridized carbons (Fsp3) is 0.357. The van der Waals surface area contributed by atoms with Crippen LogP contribution in [0.2, 0.25) is 0 Å². The Balaban J connectivity index is 1.83. The lowest BCUT2D eigenvalue weighted by atomic mass is 10.0. The summed E-state index contributed by atoms with van der Waals surface area (Å²) in [7, 11) is 0. The van der Waals surface area contributed by atoms with Gasteiger partial charge in [0.05, 0.1) is 4.88 Å². The first-order valence-corrected chi connectivity index (χ1v) is 7.14. The Morgan fingerprint density at radius 3 is 3.00 bits per heavy atom. The molecular formula is C14H15FN2OS. The summed E-state index contributed by atoms with van der Waals surface area (Å²) in [6, 6.07) is 4.66. The fourth-order valence-electron chi connectivity index (χ4n) is 2.22. The highest BCUT2D eigenvalue weighted by Crippen LogP contribution is 2.31.